The molecule has 0 spiro atoms. The molecule has 1 rings (SSSR count). The molecule has 1 aliphatic carbocycles. The van der Waals surface area contributed by atoms with Crippen LogP contribution in [0.15, 0.2) is 0 Å². The minimum Gasteiger partial charge on any atom is -0.377 e. The second-order valence-corrected chi connectivity index (χ2v) is 3.72. The van der Waals surface area contributed by atoms with Gasteiger partial charge >= 0.3 is 0 Å². The smallest absolute Gasteiger partial charge is 0.0694 e. The van der Waals surface area contributed by atoms with E-state index in [1.165, 1.54) is 25.7 Å². The van der Waals surface area contributed by atoms with Crippen LogP contribution in [0.25, 0.3) is 0 Å². The Kier molecular flexibility index (Phi) is 4.62. The normalized spacial score (nSPS) is 20.5. The summed E-state index contributed by atoms with van der Waals surface area (Å²) in [6, 6.07) is 0. The van der Waals surface area contributed by atoms with Crippen LogP contribution >= 0.6 is 0 Å². The number of ether oxygens (including phenoxy) is 1. The molecule has 0 aromatic heterocycles. The Hall–Kier alpha value is -0.0800. The van der Waals surface area contributed by atoms with E-state index in [4.69, 9.17) is 10.5 Å². The number of hydrogen-bond donors (Lipinski definition) is 1. The average Bonchev–Trinajstić information content (AvgIpc) is 2.02. The molecule has 0 bridgehead atoms. The Balaban J connectivity index is 1.92. The van der Waals surface area contributed by atoms with Crippen LogP contribution in [0.2, 0.25) is 0 Å². The maximum Gasteiger partial charge on any atom is 0.0694 e. The van der Waals surface area contributed by atoms with Gasteiger partial charge < -0.3 is 10.5 Å². The summed E-state index contributed by atoms with van der Waals surface area (Å²) in [5.74, 6) is 0.959. The molecule has 1 atom stereocenters. The third-order valence-corrected chi connectivity index (χ3v) is 2.82. The molecule has 0 heterocycles. The number of hydrogen-bond acceptors (Lipinski definition) is 2. The van der Waals surface area contributed by atoms with Crippen molar-refractivity contribution in [2.45, 2.75) is 45.1 Å². The Morgan fingerprint density at radius 1 is 1.50 bits per heavy atom. The van der Waals surface area contributed by atoms with Gasteiger partial charge in [-0.25, -0.2) is 0 Å². The largest absolute Gasteiger partial charge is 0.377 e. The highest BCUT2D eigenvalue weighted by molar-refractivity contribution is 4.69. The van der Waals surface area contributed by atoms with Gasteiger partial charge in [-0.1, -0.05) is 26.2 Å². The molecule has 0 aliphatic heterocycles. The molecule has 0 aromatic rings. The fourth-order valence-corrected chi connectivity index (χ4v) is 1.54. The molecule has 2 N–H and O–H groups in total. The summed E-state index contributed by atoms with van der Waals surface area (Å²) < 4.78 is 5.62. The Morgan fingerprint density at radius 2 is 2.25 bits per heavy atom. The van der Waals surface area contributed by atoms with Crippen molar-refractivity contribution in [3.8, 4) is 0 Å². The van der Waals surface area contributed by atoms with Gasteiger partial charge in [0.05, 0.1) is 6.10 Å². The molecule has 0 saturated heterocycles. The summed E-state index contributed by atoms with van der Waals surface area (Å²) in [7, 11) is 0. The van der Waals surface area contributed by atoms with Crippen LogP contribution < -0.4 is 5.73 Å². The first kappa shape index (κ1) is 10.0. The highest BCUT2D eigenvalue weighted by atomic mass is 16.5. The molecule has 0 aromatic carbocycles. The van der Waals surface area contributed by atoms with Gasteiger partial charge in [-0.2, -0.15) is 0 Å². The molecule has 12 heavy (non-hydrogen) atoms. The Morgan fingerprint density at radius 3 is 2.67 bits per heavy atom. The zero-order valence-corrected chi connectivity index (χ0v) is 8.09. The second-order valence-electron chi connectivity index (χ2n) is 3.72. The Bertz CT molecular complexity index is 108. The summed E-state index contributed by atoms with van der Waals surface area (Å²) in [6.07, 6.45) is 6.85. The molecule has 1 saturated carbocycles. The molecular formula is C10H21NO. The zero-order valence-electron chi connectivity index (χ0n) is 8.09. The quantitative estimate of drug-likeness (QED) is 0.662. The number of rotatable bonds is 6. The molecule has 1 fully saturated rings. The predicted octanol–water partition coefficient (Wildman–Crippen LogP) is 1.93. The van der Waals surface area contributed by atoms with E-state index >= 15 is 0 Å². The van der Waals surface area contributed by atoms with E-state index < -0.39 is 0 Å². The van der Waals surface area contributed by atoms with Crippen LogP contribution in [0.5, 0.6) is 0 Å². The van der Waals surface area contributed by atoms with Crippen molar-refractivity contribution in [2.75, 3.05) is 13.2 Å². The van der Waals surface area contributed by atoms with Crippen molar-refractivity contribution in [3.63, 3.8) is 0 Å². The summed E-state index contributed by atoms with van der Waals surface area (Å²) in [5.41, 5.74) is 5.52. The van der Waals surface area contributed by atoms with Crippen molar-refractivity contribution >= 4 is 0 Å². The van der Waals surface area contributed by atoms with E-state index in [9.17, 15) is 0 Å². The molecule has 2 heteroatoms. The van der Waals surface area contributed by atoms with Crippen LogP contribution in [-0.2, 0) is 4.74 Å². The third kappa shape index (κ3) is 3.11. The van der Waals surface area contributed by atoms with E-state index in [0.29, 0.717) is 12.6 Å². The van der Waals surface area contributed by atoms with Gasteiger partial charge in [-0.15, -0.1) is 0 Å². The van der Waals surface area contributed by atoms with Crippen LogP contribution in [0.1, 0.15) is 39.0 Å². The minimum atomic E-state index is 0.296. The monoisotopic (exact) mass is 171 g/mol. The van der Waals surface area contributed by atoms with Gasteiger partial charge in [0.1, 0.15) is 0 Å². The standard InChI is InChI=1S/C10H21NO/c1-2-10(8-11)12-7-6-9-4-3-5-9/h9-10H,2-8,11H2,1H3. The van der Waals surface area contributed by atoms with Gasteiger partial charge in [0, 0.05) is 13.2 Å². The van der Waals surface area contributed by atoms with Crippen molar-refractivity contribution in [1.29, 1.82) is 0 Å². The first-order valence-electron chi connectivity index (χ1n) is 5.18. The lowest BCUT2D eigenvalue weighted by Crippen LogP contribution is -2.24. The summed E-state index contributed by atoms with van der Waals surface area (Å²) in [6.45, 7) is 3.71. The maximum atomic E-state index is 5.62. The first-order valence-corrected chi connectivity index (χ1v) is 5.18. The van der Waals surface area contributed by atoms with Crippen molar-refractivity contribution < 1.29 is 4.74 Å². The minimum absolute atomic E-state index is 0.296. The molecular weight excluding hydrogens is 150 g/mol. The van der Waals surface area contributed by atoms with Crippen LogP contribution in [0.3, 0.4) is 0 Å². The maximum absolute atomic E-state index is 5.62. The molecule has 1 aliphatic rings. The van der Waals surface area contributed by atoms with Gasteiger partial charge in [0.25, 0.3) is 0 Å². The lowest BCUT2D eigenvalue weighted by atomic mass is 9.83. The van der Waals surface area contributed by atoms with Crippen LogP contribution in [0.4, 0.5) is 0 Å². The summed E-state index contributed by atoms with van der Waals surface area (Å²) in [5, 5.41) is 0. The molecule has 0 amide bonds. The lowest BCUT2D eigenvalue weighted by molar-refractivity contribution is 0.0411. The fraction of sp³-hybridized carbons (Fsp3) is 1.00. The highest BCUT2D eigenvalue weighted by Gasteiger charge is 2.17. The lowest BCUT2D eigenvalue weighted by Gasteiger charge is -2.25. The van der Waals surface area contributed by atoms with E-state index in [2.05, 4.69) is 6.92 Å². The van der Waals surface area contributed by atoms with Crippen molar-refractivity contribution in [2.24, 2.45) is 11.7 Å². The van der Waals surface area contributed by atoms with Gasteiger partial charge in [0.15, 0.2) is 0 Å². The molecule has 2 nitrogen and oxygen atoms in total. The average molecular weight is 171 g/mol. The van der Waals surface area contributed by atoms with Crippen molar-refractivity contribution in [3.05, 3.63) is 0 Å². The topological polar surface area (TPSA) is 35.2 Å². The highest BCUT2D eigenvalue weighted by Crippen LogP contribution is 2.29. The van der Waals surface area contributed by atoms with E-state index in [1.54, 1.807) is 0 Å². The summed E-state index contributed by atoms with van der Waals surface area (Å²) >= 11 is 0. The van der Waals surface area contributed by atoms with E-state index in [1.807, 2.05) is 0 Å². The first-order chi connectivity index (χ1) is 5.86. The fourth-order valence-electron chi connectivity index (χ4n) is 1.54. The molecule has 0 radical (unpaired) electrons. The van der Waals surface area contributed by atoms with E-state index in [0.717, 1.165) is 18.9 Å². The van der Waals surface area contributed by atoms with Crippen LogP contribution in [0, 0.1) is 5.92 Å². The predicted molar refractivity (Wildman–Crippen MR) is 51.0 cm³/mol. The van der Waals surface area contributed by atoms with Gasteiger partial charge in [0.2, 0.25) is 0 Å². The third-order valence-electron chi connectivity index (χ3n) is 2.82. The second kappa shape index (κ2) is 5.55. The van der Waals surface area contributed by atoms with Crippen LogP contribution in [-0.4, -0.2) is 19.3 Å². The van der Waals surface area contributed by atoms with Crippen molar-refractivity contribution in [1.82, 2.24) is 0 Å². The van der Waals surface area contributed by atoms with E-state index in [-0.39, 0.29) is 0 Å². The molecule has 72 valence electrons. The SMILES string of the molecule is CCC(CN)OCCC1CCC1. The summed E-state index contributed by atoms with van der Waals surface area (Å²) in [4.78, 5) is 0. The molecule has 1 unspecified atom stereocenters. The Labute approximate surface area is 75.5 Å². The van der Waals surface area contributed by atoms with Gasteiger partial charge in [-0.05, 0) is 18.8 Å². The van der Waals surface area contributed by atoms with Gasteiger partial charge in [-0.3, -0.25) is 0 Å². The zero-order chi connectivity index (χ0) is 8.81. The number of nitrogens with two attached hydrogens (primary N) is 1.